The third-order valence-electron chi connectivity index (χ3n) is 10.5. The zero-order valence-electron chi connectivity index (χ0n) is 28.6. The lowest BCUT2D eigenvalue weighted by molar-refractivity contribution is -0.183. The van der Waals surface area contributed by atoms with Crippen LogP contribution in [0.25, 0.3) is 0 Å². The minimum absolute atomic E-state index is 0.0112. The third kappa shape index (κ3) is 6.60. The average Bonchev–Trinajstić information content (AvgIpc) is 3.10. The molecule has 274 valence electrons. The van der Waals surface area contributed by atoms with E-state index in [1.807, 2.05) is 60.7 Å². The number of hydroxylamine groups is 1. The molecule has 13 nitrogen and oxygen atoms in total. The van der Waals surface area contributed by atoms with E-state index in [1.54, 1.807) is 14.1 Å². The predicted molar refractivity (Wildman–Crippen MR) is 190 cm³/mol. The first kappa shape index (κ1) is 37.1. The van der Waals surface area contributed by atoms with Crippen LogP contribution in [0.2, 0.25) is 5.02 Å². The normalized spacial score (nSPS) is 26.0. The van der Waals surface area contributed by atoms with Crippen LogP contribution in [0.4, 0.5) is 5.69 Å². The molecular formula is C38H41ClN4O9. The summed E-state index contributed by atoms with van der Waals surface area (Å²) in [5, 5.41) is 49.0. The van der Waals surface area contributed by atoms with Crippen LogP contribution in [-0.2, 0) is 38.7 Å². The van der Waals surface area contributed by atoms with Crippen molar-refractivity contribution in [2.24, 2.45) is 23.5 Å². The third-order valence-corrected chi connectivity index (χ3v) is 10.8. The van der Waals surface area contributed by atoms with E-state index in [0.29, 0.717) is 18.4 Å². The number of aromatic hydroxyl groups is 1. The number of carbonyl (C=O) groups excluding carboxylic acids is 4. The second-order valence-electron chi connectivity index (χ2n) is 13.9. The molecule has 7 atom stereocenters. The summed E-state index contributed by atoms with van der Waals surface area (Å²) in [6, 6.07) is 18.3. The smallest absolute Gasteiger partial charge is 0.255 e. The maximum Gasteiger partial charge on any atom is 0.255 e. The Morgan fingerprint density at radius 2 is 1.67 bits per heavy atom. The van der Waals surface area contributed by atoms with Crippen molar-refractivity contribution in [3.05, 3.63) is 105 Å². The molecule has 6 unspecified atom stereocenters. The monoisotopic (exact) mass is 732 g/mol. The lowest BCUT2D eigenvalue weighted by Gasteiger charge is -2.55. The van der Waals surface area contributed by atoms with Gasteiger partial charge >= 0.3 is 0 Å². The van der Waals surface area contributed by atoms with E-state index in [9.17, 15) is 39.6 Å². The highest BCUT2D eigenvalue weighted by molar-refractivity contribution is 6.34. The molecule has 8 N–H and O–H groups in total. The van der Waals surface area contributed by atoms with Gasteiger partial charge in [0.2, 0.25) is 5.91 Å². The lowest BCUT2D eigenvalue weighted by Crippen LogP contribution is -2.69. The Hall–Kier alpha value is -4.63. The van der Waals surface area contributed by atoms with Crippen LogP contribution in [-0.4, -0.2) is 86.6 Å². The lowest BCUT2D eigenvalue weighted by atomic mass is 9.54. The van der Waals surface area contributed by atoms with Crippen molar-refractivity contribution >= 4 is 40.7 Å². The highest BCUT2D eigenvalue weighted by atomic mass is 35.5. The first-order valence-electron chi connectivity index (χ1n) is 16.9. The van der Waals surface area contributed by atoms with Gasteiger partial charge in [-0.3, -0.25) is 28.9 Å². The van der Waals surface area contributed by atoms with Gasteiger partial charge in [0.15, 0.2) is 22.9 Å². The molecule has 0 radical (unpaired) electrons. The molecule has 14 heteroatoms. The Morgan fingerprint density at radius 3 is 2.29 bits per heavy atom. The number of aryl methyl sites for hydroxylation is 1. The van der Waals surface area contributed by atoms with E-state index in [1.165, 1.54) is 11.0 Å². The number of amides is 2. The minimum atomic E-state index is -2.59. The van der Waals surface area contributed by atoms with Crippen molar-refractivity contribution in [3.63, 3.8) is 0 Å². The van der Waals surface area contributed by atoms with Gasteiger partial charge in [0.05, 0.1) is 29.2 Å². The van der Waals surface area contributed by atoms with Gasteiger partial charge in [-0.2, -0.15) is 5.48 Å². The highest BCUT2D eigenvalue weighted by Gasteiger charge is 2.66. The van der Waals surface area contributed by atoms with Crippen molar-refractivity contribution in [2.45, 2.75) is 56.1 Å². The van der Waals surface area contributed by atoms with Gasteiger partial charge in [-0.25, -0.2) is 0 Å². The number of hydrogen-bond acceptors (Lipinski definition) is 11. The molecule has 3 aromatic carbocycles. The van der Waals surface area contributed by atoms with Gasteiger partial charge in [-0.15, -0.1) is 0 Å². The number of primary amides is 1. The number of rotatable bonds is 11. The van der Waals surface area contributed by atoms with Gasteiger partial charge in [-0.1, -0.05) is 72.3 Å². The number of carbonyl (C=O) groups is 4. The number of hydrogen-bond donors (Lipinski definition) is 7. The first-order valence-corrected chi connectivity index (χ1v) is 17.3. The molecule has 3 aliphatic rings. The zero-order valence-corrected chi connectivity index (χ0v) is 29.3. The number of aliphatic hydroxyl groups excluding tert-OH is 2. The van der Waals surface area contributed by atoms with E-state index in [4.69, 9.17) is 22.2 Å². The molecule has 0 spiro atoms. The molecule has 6 rings (SSSR count). The summed E-state index contributed by atoms with van der Waals surface area (Å²) in [4.78, 5) is 60.8. The number of fused-ring (bicyclic) bond motifs is 3. The number of phenolic OH excluding ortho intramolecular Hbond substituents is 1. The van der Waals surface area contributed by atoms with Gasteiger partial charge in [0.1, 0.15) is 29.2 Å². The zero-order chi connectivity index (χ0) is 37.5. The number of nitrogens with two attached hydrogens (primary N) is 1. The Bertz CT molecular complexity index is 1920. The Balaban J connectivity index is 1.29. The highest BCUT2D eigenvalue weighted by Crippen LogP contribution is 2.54. The number of nitrogens with zero attached hydrogens (tertiary/aromatic N) is 1. The molecule has 2 amide bonds. The standard InChI is InChI=1S/C38H41ClN4O9/c1-43(2)30-23-16-21-15-22-17-24(39)29(32(45)26(22)31(44)27(21)34(47)38(23,51)35(48)28(33(30)46)36(40)49)41-37(50)25(14-13-19-9-5-3-6-10-19)42-52-18-20-11-7-4-8-12-20/h3-12,17,21,23,25,27,30,34,42,45,47-48,51H,13-16,18H2,1-2H3,(H2,40,49)(H,41,50)/t21?,23?,25?,27?,30-,34?,38?/m0/s1. The number of benzene rings is 3. The summed E-state index contributed by atoms with van der Waals surface area (Å²) >= 11 is 6.64. The molecule has 0 bridgehead atoms. The fourth-order valence-corrected chi connectivity index (χ4v) is 8.31. The second kappa shape index (κ2) is 14.8. The van der Waals surface area contributed by atoms with Crippen LogP contribution in [0.1, 0.15) is 39.9 Å². The van der Waals surface area contributed by atoms with Crippen molar-refractivity contribution in [1.29, 1.82) is 0 Å². The molecule has 3 aliphatic carbocycles. The molecule has 1 fully saturated rings. The summed E-state index contributed by atoms with van der Waals surface area (Å²) in [6.07, 6.45) is -1.10. The number of nitrogens with one attached hydrogen (secondary N) is 2. The van der Waals surface area contributed by atoms with Crippen LogP contribution >= 0.6 is 11.6 Å². The summed E-state index contributed by atoms with van der Waals surface area (Å²) in [5.41, 5.74) is 6.56. The van der Waals surface area contributed by atoms with E-state index in [0.717, 1.165) is 11.1 Å². The number of halogens is 1. The van der Waals surface area contributed by atoms with Crippen molar-refractivity contribution in [3.8, 4) is 5.75 Å². The molecule has 0 aliphatic heterocycles. The molecule has 0 saturated heterocycles. The number of anilines is 1. The fourth-order valence-electron chi connectivity index (χ4n) is 8.04. The first-order chi connectivity index (χ1) is 24.7. The SMILES string of the molecule is CN(C)[C@@H]1C(=O)C(C(N)=O)=C(O)C2(O)C(O)C3C(=O)c4c(cc(Cl)c(NC(=O)C(CCc5ccccc5)NOCc5ccccc5)c4O)CC3CC12. The van der Waals surface area contributed by atoms with Crippen LogP contribution in [0.15, 0.2) is 78.1 Å². The number of phenols is 1. The van der Waals surface area contributed by atoms with Crippen LogP contribution < -0.4 is 16.5 Å². The maximum atomic E-state index is 14.2. The quantitative estimate of drug-likeness (QED) is 0.0865. The van der Waals surface area contributed by atoms with E-state index >= 15 is 0 Å². The topological polar surface area (TPSA) is 212 Å². The fraction of sp³-hybridized carbons (Fsp3) is 0.368. The molecule has 0 aromatic heterocycles. The summed E-state index contributed by atoms with van der Waals surface area (Å²) in [7, 11) is 3.10. The van der Waals surface area contributed by atoms with Gasteiger partial charge in [-0.05, 0) is 68.5 Å². The van der Waals surface area contributed by atoms with Gasteiger partial charge in [0.25, 0.3) is 5.91 Å². The number of aliphatic hydroxyl groups is 3. The Morgan fingerprint density at radius 1 is 1.04 bits per heavy atom. The molecule has 1 saturated carbocycles. The summed E-state index contributed by atoms with van der Waals surface area (Å²) in [5.74, 6) is -8.32. The van der Waals surface area contributed by atoms with E-state index < -0.39 is 82.0 Å². The van der Waals surface area contributed by atoms with E-state index in [2.05, 4.69) is 10.8 Å². The number of Topliss-reactive ketones (excluding diaryl/α,β-unsaturated/α-hetero) is 2. The van der Waals surface area contributed by atoms with E-state index in [-0.39, 0.29) is 35.7 Å². The number of ketones is 2. The largest absolute Gasteiger partial charge is 0.508 e. The van der Waals surface area contributed by atoms with Crippen molar-refractivity contribution < 1.29 is 44.4 Å². The summed E-state index contributed by atoms with van der Waals surface area (Å²) in [6.45, 7) is 0.169. The predicted octanol–water partition coefficient (Wildman–Crippen LogP) is 2.60. The van der Waals surface area contributed by atoms with Gasteiger partial charge in [0, 0.05) is 5.92 Å². The van der Waals surface area contributed by atoms with Crippen LogP contribution in [0, 0.1) is 17.8 Å². The molecular weight excluding hydrogens is 692 g/mol. The maximum absolute atomic E-state index is 14.2. The minimum Gasteiger partial charge on any atom is -0.508 e. The van der Waals surface area contributed by atoms with Crippen LogP contribution in [0.5, 0.6) is 5.75 Å². The second-order valence-corrected chi connectivity index (χ2v) is 14.3. The molecule has 52 heavy (non-hydrogen) atoms. The van der Waals surface area contributed by atoms with Crippen molar-refractivity contribution in [1.82, 2.24) is 10.4 Å². The van der Waals surface area contributed by atoms with Gasteiger partial charge < -0.3 is 31.5 Å². The van der Waals surface area contributed by atoms with Crippen molar-refractivity contribution in [2.75, 3.05) is 19.4 Å². The molecule has 0 heterocycles. The average molecular weight is 733 g/mol. The summed E-state index contributed by atoms with van der Waals surface area (Å²) < 4.78 is 0. The number of likely N-dealkylation sites (N-methyl/N-ethyl adjacent to an activating group) is 1. The van der Waals surface area contributed by atoms with Crippen LogP contribution in [0.3, 0.4) is 0 Å². The Kier molecular flexibility index (Phi) is 10.6. The molecule has 3 aromatic rings. The Labute approximate surface area is 305 Å².